The molecule has 1 saturated heterocycles. The van der Waals surface area contributed by atoms with Crippen LogP contribution in [0.25, 0.3) is 0 Å². The van der Waals surface area contributed by atoms with Crippen LogP contribution in [0, 0.1) is 5.41 Å². The van der Waals surface area contributed by atoms with Gasteiger partial charge in [0.1, 0.15) is 11.0 Å². The van der Waals surface area contributed by atoms with Crippen LogP contribution in [0.2, 0.25) is 0 Å². The number of unbranched alkanes of at least 4 members (excludes halogenated alkanes) is 14. The molecule has 0 aliphatic carbocycles. The Bertz CT molecular complexity index is 502. The lowest BCUT2D eigenvalue weighted by Gasteiger charge is -2.37. The molecule has 1 rings (SSSR count). The second-order valence-corrected chi connectivity index (χ2v) is 11.7. The summed E-state index contributed by atoms with van der Waals surface area (Å²) in [5, 5.41) is 0. The third-order valence-electron chi connectivity index (χ3n) is 7.33. The fraction of sp³-hybridized carbons (Fsp3) is 0.967. The molecular weight excluding hydrogens is 424 g/mol. The van der Waals surface area contributed by atoms with Gasteiger partial charge in [0.15, 0.2) is 0 Å². The summed E-state index contributed by atoms with van der Waals surface area (Å²) in [5.41, 5.74) is -1.21. The van der Waals surface area contributed by atoms with E-state index in [4.69, 9.17) is 14.5 Å². The number of carbonyl (C=O) groups excluding carboxylic acids is 1. The van der Waals surface area contributed by atoms with Gasteiger partial charge >= 0.3 is 5.97 Å². The van der Waals surface area contributed by atoms with E-state index in [0.29, 0.717) is 0 Å². The summed E-state index contributed by atoms with van der Waals surface area (Å²) in [4.78, 5) is 25.4. The van der Waals surface area contributed by atoms with Crippen molar-refractivity contribution in [2.45, 2.75) is 181 Å². The Labute approximate surface area is 212 Å². The highest BCUT2D eigenvalue weighted by Gasteiger charge is 2.68. The summed E-state index contributed by atoms with van der Waals surface area (Å²) in [6.45, 7) is 12.6. The maximum Gasteiger partial charge on any atom is 0.318 e. The molecule has 0 bridgehead atoms. The molecule has 0 aromatic heterocycles. The van der Waals surface area contributed by atoms with E-state index in [1.807, 2.05) is 20.8 Å². The van der Waals surface area contributed by atoms with E-state index in [2.05, 4.69) is 20.8 Å². The Morgan fingerprint density at radius 2 is 1.00 bits per heavy atom. The number of rotatable bonds is 22. The normalized spacial score (nSPS) is 15.5. The van der Waals surface area contributed by atoms with Crippen molar-refractivity contribution >= 4 is 5.97 Å². The molecule has 1 aliphatic heterocycles. The summed E-state index contributed by atoms with van der Waals surface area (Å²) in [6.07, 6.45) is 22.9. The zero-order valence-corrected chi connectivity index (χ0v) is 23.8. The number of hydrogen-bond acceptors (Lipinski definition) is 4. The number of ether oxygens (including phenoxy) is 1. The molecule has 0 unspecified atom stereocenters. The molecule has 4 heteroatoms. The zero-order chi connectivity index (χ0) is 25.3. The first kappa shape index (κ1) is 31.4. The molecular formula is C30H58O4. The van der Waals surface area contributed by atoms with E-state index in [0.717, 1.165) is 51.4 Å². The number of esters is 1. The number of hydrogen-bond donors (Lipinski definition) is 0. The molecule has 0 N–H and O–H groups in total. The molecule has 0 saturated carbocycles. The predicted octanol–water partition coefficient (Wildman–Crippen LogP) is 9.83. The molecule has 1 heterocycles. The monoisotopic (exact) mass is 482 g/mol. The van der Waals surface area contributed by atoms with E-state index in [1.165, 1.54) is 77.0 Å². The van der Waals surface area contributed by atoms with Gasteiger partial charge in [-0.05, 0) is 40.0 Å². The summed E-state index contributed by atoms with van der Waals surface area (Å²) in [5.74, 6) is -0.887. The van der Waals surface area contributed by atoms with Crippen LogP contribution in [-0.2, 0) is 19.3 Å². The highest BCUT2D eigenvalue weighted by molar-refractivity contribution is 5.79. The lowest BCUT2D eigenvalue weighted by atomic mass is 9.70. The van der Waals surface area contributed by atoms with Gasteiger partial charge in [0.05, 0.1) is 0 Å². The maximum atomic E-state index is 13.9. The van der Waals surface area contributed by atoms with Crippen LogP contribution in [0.3, 0.4) is 0 Å². The topological polar surface area (TPSA) is 51.4 Å². The minimum atomic E-state index is -0.783. The molecule has 0 aromatic rings. The average molecular weight is 483 g/mol. The maximum absolute atomic E-state index is 13.9. The fourth-order valence-electron chi connectivity index (χ4n) is 5.15. The lowest BCUT2D eigenvalue weighted by molar-refractivity contribution is -0.175. The minimum absolute atomic E-state index is 0.104. The summed E-state index contributed by atoms with van der Waals surface area (Å²) < 4.78 is 6.07. The third kappa shape index (κ3) is 11.4. The molecule has 0 spiro atoms. The SMILES string of the molecule is CCCCCCCCC(CCCCCCCC)(C(=O)OC(C)(C)C)C1(CCCCCCC)OO1. The lowest BCUT2D eigenvalue weighted by Crippen LogP contribution is -2.48. The fourth-order valence-corrected chi connectivity index (χ4v) is 5.15. The van der Waals surface area contributed by atoms with Gasteiger partial charge in [0.2, 0.25) is 5.79 Å². The predicted molar refractivity (Wildman–Crippen MR) is 143 cm³/mol. The van der Waals surface area contributed by atoms with Crippen LogP contribution in [0.1, 0.15) is 170 Å². The van der Waals surface area contributed by atoms with E-state index in [9.17, 15) is 4.79 Å². The minimum Gasteiger partial charge on any atom is -0.459 e. The van der Waals surface area contributed by atoms with Crippen molar-refractivity contribution in [1.82, 2.24) is 0 Å². The highest BCUT2D eigenvalue weighted by atomic mass is 17.4. The van der Waals surface area contributed by atoms with Crippen molar-refractivity contribution in [2.75, 3.05) is 0 Å². The highest BCUT2D eigenvalue weighted by Crippen LogP contribution is 2.56. The third-order valence-corrected chi connectivity index (χ3v) is 7.33. The van der Waals surface area contributed by atoms with E-state index in [1.54, 1.807) is 0 Å². The van der Waals surface area contributed by atoms with Gasteiger partial charge in [-0.1, -0.05) is 124 Å². The standard InChI is InChI=1S/C30H58O4/c1-7-10-13-16-19-21-24-29(27(31)32-28(4,5)6,25-22-20-17-14-11-8-2)30(33-34-30)26-23-18-15-12-9-3/h7-26H2,1-6H3. The summed E-state index contributed by atoms with van der Waals surface area (Å²) in [6, 6.07) is 0. The van der Waals surface area contributed by atoms with Crippen LogP contribution in [0.15, 0.2) is 0 Å². The van der Waals surface area contributed by atoms with Crippen molar-refractivity contribution in [3.8, 4) is 0 Å². The molecule has 0 radical (unpaired) electrons. The Balaban J connectivity index is 2.96. The first-order valence-electron chi connectivity index (χ1n) is 14.9. The Morgan fingerprint density at radius 1 is 0.618 bits per heavy atom. The van der Waals surface area contributed by atoms with Gasteiger partial charge in [-0.2, -0.15) is 9.78 Å². The second-order valence-electron chi connectivity index (χ2n) is 11.7. The number of carbonyl (C=O) groups is 1. The first-order chi connectivity index (χ1) is 16.3. The molecule has 0 atom stereocenters. The average Bonchev–Trinajstić information content (AvgIpc) is 3.57. The second kappa shape index (κ2) is 17.0. The molecule has 0 aromatic carbocycles. The van der Waals surface area contributed by atoms with Gasteiger partial charge in [-0.25, -0.2) is 0 Å². The van der Waals surface area contributed by atoms with E-state index >= 15 is 0 Å². The summed E-state index contributed by atoms with van der Waals surface area (Å²) in [7, 11) is 0. The molecule has 202 valence electrons. The van der Waals surface area contributed by atoms with Crippen molar-refractivity contribution in [1.29, 1.82) is 0 Å². The van der Waals surface area contributed by atoms with Crippen molar-refractivity contribution in [3.63, 3.8) is 0 Å². The van der Waals surface area contributed by atoms with Gasteiger partial charge in [-0.3, -0.25) is 4.79 Å². The Kier molecular flexibility index (Phi) is 15.7. The van der Waals surface area contributed by atoms with E-state index < -0.39 is 16.8 Å². The summed E-state index contributed by atoms with van der Waals surface area (Å²) >= 11 is 0. The van der Waals surface area contributed by atoms with Gasteiger partial charge in [0, 0.05) is 6.42 Å². The van der Waals surface area contributed by atoms with E-state index in [-0.39, 0.29) is 5.97 Å². The van der Waals surface area contributed by atoms with Gasteiger partial charge < -0.3 is 4.74 Å². The smallest absolute Gasteiger partial charge is 0.318 e. The first-order valence-corrected chi connectivity index (χ1v) is 14.9. The molecule has 1 fully saturated rings. The zero-order valence-electron chi connectivity index (χ0n) is 23.8. The largest absolute Gasteiger partial charge is 0.459 e. The van der Waals surface area contributed by atoms with Gasteiger partial charge in [0.25, 0.3) is 0 Å². The molecule has 34 heavy (non-hydrogen) atoms. The Morgan fingerprint density at radius 3 is 1.38 bits per heavy atom. The van der Waals surface area contributed by atoms with Gasteiger partial charge in [-0.15, -0.1) is 0 Å². The molecule has 1 aliphatic rings. The van der Waals surface area contributed by atoms with Crippen molar-refractivity contribution < 1.29 is 19.3 Å². The Hall–Kier alpha value is -0.610. The van der Waals surface area contributed by atoms with Crippen LogP contribution in [0.4, 0.5) is 0 Å². The van der Waals surface area contributed by atoms with Crippen LogP contribution in [-0.4, -0.2) is 17.4 Å². The molecule has 0 amide bonds. The van der Waals surface area contributed by atoms with Crippen molar-refractivity contribution in [3.05, 3.63) is 0 Å². The van der Waals surface area contributed by atoms with Crippen LogP contribution >= 0.6 is 0 Å². The van der Waals surface area contributed by atoms with Crippen molar-refractivity contribution in [2.24, 2.45) is 5.41 Å². The quantitative estimate of drug-likeness (QED) is 0.0666. The van der Waals surface area contributed by atoms with Crippen LogP contribution in [0.5, 0.6) is 0 Å². The van der Waals surface area contributed by atoms with Crippen LogP contribution < -0.4 is 0 Å². The molecule has 4 nitrogen and oxygen atoms in total.